The van der Waals surface area contributed by atoms with Gasteiger partial charge < -0.3 is 15.4 Å². The molecule has 1 aliphatic heterocycles. The topological polar surface area (TPSA) is 38.5 Å². The lowest BCUT2D eigenvalue weighted by Crippen LogP contribution is -2.32. The predicted molar refractivity (Wildman–Crippen MR) is 90.8 cm³/mol. The number of benzene rings is 1. The fourth-order valence-corrected chi connectivity index (χ4v) is 3.81. The van der Waals surface area contributed by atoms with E-state index in [1.165, 1.54) is 17.9 Å². The number of nitrogens with two attached hydrogens (primary N) is 1. The zero-order valence-corrected chi connectivity index (χ0v) is 13.5. The SMILES string of the molecule is CN(CCCOc1ccccc1C(N)=S)C1CCSC1. The van der Waals surface area contributed by atoms with Crippen molar-refractivity contribution in [3.8, 4) is 5.75 Å². The number of rotatable bonds is 7. The molecule has 1 fully saturated rings. The van der Waals surface area contributed by atoms with Crippen molar-refractivity contribution in [2.75, 3.05) is 31.7 Å². The van der Waals surface area contributed by atoms with Gasteiger partial charge in [0.1, 0.15) is 10.7 Å². The second-order valence-corrected chi connectivity index (χ2v) is 6.65. The van der Waals surface area contributed by atoms with E-state index in [1.807, 2.05) is 24.3 Å². The van der Waals surface area contributed by atoms with Crippen molar-refractivity contribution < 1.29 is 4.74 Å². The average Bonchev–Trinajstić information content (AvgIpc) is 2.98. The molecule has 0 aliphatic carbocycles. The third-order valence-corrected chi connectivity index (χ3v) is 4.96. The molecule has 1 unspecified atom stereocenters. The molecule has 1 atom stereocenters. The Bertz CT molecular complexity index is 447. The van der Waals surface area contributed by atoms with Gasteiger partial charge in [0.25, 0.3) is 0 Å². The number of thiocarbonyl (C=S) groups is 1. The first-order valence-electron chi connectivity index (χ1n) is 6.98. The highest BCUT2D eigenvalue weighted by molar-refractivity contribution is 7.99. The standard InChI is InChI=1S/C15H22N2OS2/c1-17(12-7-10-20-11-12)8-4-9-18-14-6-3-2-5-13(14)15(16)19/h2-3,5-6,12H,4,7-11H2,1H3,(H2,16,19). The van der Waals surface area contributed by atoms with Crippen molar-refractivity contribution in [1.82, 2.24) is 4.90 Å². The predicted octanol–water partition coefficient (Wildman–Crippen LogP) is 2.53. The van der Waals surface area contributed by atoms with Crippen LogP contribution in [0.2, 0.25) is 0 Å². The fraction of sp³-hybridized carbons (Fsp3) is 0.533. The van der Waals surface area contributed by atoms with E-state index in [4.69, 9.17) is 22.7 Å². The van der Waals surface area contributed by atoms with Crippen molar-refractivity contribution in [2.24, 2.45) is 5.73 Å². The summed E-state index contributed by atoms with van der Waals surface area (Å²) in [7, 11) is 2.21. The molecule has 5 heteroatoms. The molecule has 1 aromatic rings. The van der Waals surface area contributed by atoms with Crippen molar-refractivity contribution in [3.63, 3.8) is 0 Å². The second-order valence-electron chi connectivity index (χ2n) is 5.06. The van der Waals surface area contributed by atoms with Crippen molar-refractivity contribution in [2.45, 2.75) is 18.9 Å². The molecular formula is C15H22N2OS2. The highest BCUT2D eigenvalue weighted by atomic mass is 32.2. The van der Waals surface area contributed by atoms with E-state index >= 15 is 0 Å². The Kier molecular flexibility index (Phi) is 6.13. The minimum Gasteiger partial charge on any atom is -0.493 e. The van der Waals surface area contributed by atoms with Crippen LogP contribution >= 0.6 is 24.0 Å². The van der Waals surface area contributed by atoms with Gasteiger partial charge in [-0.1, -0.05) is 24.4 Å². The van der Waals surface area contributed by atoms with Gasteiger partial charge in [-0.3, -0.25) is 0 Å². The zero-order chi connectivity index (χ0) is 14.4. The van der Waals surface area contributed by atoms with Gasteiger partial charge >= 0.3 is 0 Å². The molecule has 0 saturated carbocycles. The summed E-state index contributed by atoms with van der Waals surface area (Å²) in [6, 6.07) is 8.43. The Hall–Kier alpha value is -0.780. The first-order chi connectivity index (χ1) is 9.68. The maximum atomic E-state index is 5.81. The summed E-state index contributed by atoms with van der Waals surface area (Å²) < 4.78 is 5.81. The van der Waals surface area contributed by atoms with Gasteiger partial charge in [0.2, 0.25) is 0 Å². The molecule has 2 N–H and O–H groups in total. The van der Waals surface area contributed by atoms with Crippen LogP contribution in [0.15, 0.2) is 24.3 Å². The highest BCUT2D eigenvalue weighted by Crippen LogP contribution is 2.21. The van der Waals surface area contributed by atoms with Crippen LogP contribution in [0.5, 0.6) is 5.75 Å². The minimum absolute atomic E-state index is 0.390. The van der Waals surface area contributed by atoms with Crippen LogP contribution in [0.1, 0.15) is 18.4 Å². The lowest BCUT2D eigenvalue weighted by Gasteiger charge is -2.23. The van der Waals surface area contributed by atoms with Gasteiger partial charge in [0, 0.05) is 18.3 Å². The van der Waals surface area contributed by atoms with E-state index in [2.05, 4.69) is 23.7 Å². The fourth-order valence-electron chi connectivity index (χ4n) is 2.34. The molecule has 0 bridgehead atoms. The highest BCUT2D eigenvalue weighted by Gasteiger charge is 2.19. The summed E-state index contributed by atoms with van der Waals surface area (Å²) >= 11 is 7.08. The van der Waals surface area contributed by atoms with Crippen LogP contribution in [0.3, 0.4) is 0 Å². The molecule has 0 spiro atoms. The van der Waals surface area contributed by atoms with Gasteiger partial charge in [-0.15, -0.1) is 0 Å². The Labute approximate surface area is 130 Å². The summed E-state index contributed by atoms with van der Waals surface area (Å²) in [5.74, 6) is 3.35. The summed E-state index contributed by atoms with van der Waals surface area (Å²) in [6.45, 7) is 1.77. The molecule has 1 saturated heterocycles. The maximum absolute atomic E-state index is 5.81. The summed E-state index contributed by atoms with van der Waals surface area (Å²) in [6.07, 6.45) is 2.33. The van der Waals surface area contributed by atoms with Crippen LogP contribution in [0.25, 0.3) is 0 Å². The van der Waals surface area contributed by atoms with Gasteiger partial charge in [-0.2, -0.15) is 11.8 Å². The van der Waals surface area contributed by atoms with Crippen molar-refractivity contribution >= 4 is 29.0 Å². The molecule has 2 rings (SSSR count). The molecule has 3 nitrogen and oxygen atoms in total. The van der Waals surface area contributed by atoms with E-state index in [-0.39, 0.29) is 0 Å². The van der Waals surface area contributed by atoms with Crippen LogP contribution in [0, 0.1) is 0 Å². The van der Waals surface area contributed by atoms with Crippen LogP contribution < -0.4 is 10.5 Å². The molecule has 0 amide bonds. The smallest absolute Gasteiger partial charge is 0.129 e. The number of para-hydroxylation sites is 1. The Morgan fingerprint density at radius 3 is 3.00 bits per heavy atom. The van der Waals surface area contributed by atoms with Crippen molar-refractivity contribution in [1.29, 1.82) is 0 Å². The van der Waals surface area contributed by atoms with E-state index in [9.17, 15) is 0 Å². The van der Waals surface area contributed by atoms with E-state index < -0.39 is 0 Å². The molecule has 1 aliphatic rings. The molecule has 1 aromatic carbocycles. The minimum atomic E-state index is 0.390. The molecule has 110 valence electrons. The quantitative estimate of drug-likeness (QED) is 0.619. The lowest BCUT2D eigenvalue weighted by molar-refractivity contribution is 0.227. The number of hydrogen-bond donors (Lipinski definition) is 1. The zero-order valence-electron chi connectivity index (χ0n) is 11.9. The van der Waals surface area contributed by atoms with Crippen LogP contribution in [-0.2, 0) is 0 Å². The number of ether oxygens (including phenoxy) is 1. The van der Waals surface area contributed by atoms with Gasteiger partial charge in [-0.05, 0) is 37.8 Å². The third kappa shape index (κ3) is 4.36. The number of hydrogen-bond acceptors (Lipinski definition) is 4. The second kappa shape index (κ2) is 7.86. The molecule has 20 heavy (non-hydrogen) atoms. The van der Waals surface area contributed by atoms with Gasteiger partial charge in [0.15, 0.2) is 0 Å². The third-order valence-electron chi connectivity index (χ3n) is 3.59. The van der Waals surface area contributed by atoms with Gasteiger partial charge in [-0.25, -0.2) is 0 Å². The first-order valence-corrected chi connectivity index (χ1v) is 8.54. The normalized spacial score (nSPS) is 18.4. The van der Waals surface area contributed by atoms with Crippen LogP contribution in [-0.4, -0.2) is 47.6 Å². The summed E-state index contributed by atoms with van der Waals surface area (Å²) in [5, 5.41) is 0. The van der Waals surface area contributed by atoms with Crippen molar-refractivity contribution in [3.05, 3.63) is 29.8 Å². The molecule has 0 radical (unpaired) electrons. The average molecular weight is 310 g/mol. The Balaban J connectivity index is 1.74. The molecule has 1 heterocycles. The number of thioether (sulfide) groups is 1. The Morgan fingerprint density at radius 1 is 1.50 bits per heavy atom. The van der Waals surface area contributed by atoms with E-state index in [1.54, 1.807) is 0 Å². The van der Waals surface area contributed by atoms with Crippen LogP contribution in [0.4, 0.5) is 0 Å². The van der Waals surface area contributed by atoms with Gasteiger partial charge in [0.05, 0.1) is 12.2 Å². The lowest BCUT2D eigenvalue weighted by atomic mass is 10.2. The maximum Gasteiger partial charge on any atom is 0.129 e. The first kappa shape index (κ1) is 15.6. The largest absolute Gasteiger partial charge is 0.493 e. The molecular weight excluding hydrogens is 288 g/mol. The summed E-state index contributed by atoms with van der Waals surface area (Å²) in [5.41, 5.74) is 6.51. The van der Waals surface area contributed by atoms with E-state index in [0.29, 0.717) is 11.6 Å². The summed E-state index contributed by atoms with van der Waals surface area (Å²) in [4.78, 5) is 2.84. The number of nitrogens with zero attached hydrogens (tertiary/aromatic N) is 1. The van der Waals surface area contributed by atoms with E-state index in [0.717, 1.165) is 30.3 Å². The monoisotopic (exact) mass is 310 g/mol. The molecule has 0 aromatic heterocycles. The Morgan fingerprint density at radius 2 is 2.30 bits per heavy atom.